The van der Waals surface area contributed by atoms with Crippen molar-refractivity contribution in [3.05, 3.63) is 59.7 Å². The van der Waals surface area contributed by atoms with Gasteiger partial charge in [0.2, 0.25) is 0 Å². The Hall–Kier alpha value is -1.98. The van der Waals surface area contributed by atoms with Gasteiger partial charge in [-0.15, -0.1) is 11.8 Å². The Bertz CT molecular complexity index is 709. The van der Waals surface area contributed by atoms with Crippen LogP contribution >= 0.6 is 11.8 Å². The van der Waals surface area contributed by atoms with Crippen LogP contribution < -0.4 is 4.90 Å². The second-order valence-corrected chi connectivity index (χ2v) is 7.40. The SMILES string of the molecule is CCOC(=O)CSc1ccc(C(O)c2ccc(N3CCCC3)cc2)cc1. The Morgan fingerprint density at radius 3 is 2.23 bits per heavy atom. The lowest BCUT2D eigenvalue weighted by Crippen LogP contribution is -2.17. The van der Waals surface area contributed by atoms with Crippen LogP contribution in [0.25, 0.3) is 0 Å². The van der Waals surface area contributed by atoms with Crippen molar-refractivity contribution in [2.45, 2.75) is 30.8 Å². The van der Waals surface area contributed by atoms with E-state index in [1.807, 2.05) is 36.4 Å². The number of aliphatic hydroxyl groups excluding tert-OH is 1. The molecule has 0 radical (unpaired) electrons. The number of carbonyl (C=O) groups is 1. The fourth-order valence-corrected chi connectivity index (χ4v) is 3.82. The number of hydrogen-bond donors (Lipinski definition) is 1. The van der Waals surface area contributed by atoms with Crippen LogP contribution in [-0.4, -0.2) is 36.5 Å². The summed E-state index contributed by atoms with van der Waals surface area (Å²) in [6.07, 6.45) is 1.86. The van der Waals surface area contributed by atoms with Gasteiger partial charge in [0.1, 0.15) is 6.10 Å². The highest BCUT2D eigenvalue weighted by molar-refractivity contribution is 8.00. The Labute approximate surface area is 159 Å². The zero-order valence-corrected chi connectivity index (χ0v) is 15.9. The van der Waals surface area contributed by atoms with E-state index in [-0.39, 0.29) is 5.97 Å². The molecule has 2 aromatic carbocycles. The Balaban J connectivity index is 1.60. The fourth-order valence-electron chi connectivity index (χ4n) is 3.13. The van der Waals surface area contributed by atoms with E-state index in [2.05, 4.69) is 17.0 Å². The molecular weight excluding hydrogens is 346 g/mol. The van der Waals surface area contributed by atoms with Crippen LogP contribution in [0.5, 0.6) is 0 Å². The van der Waals surface area contributed by atoms with Crippen molar-refractivity contribution in [2.24, 2.45) is 0 Å². The maximum Gasteiger partial charge on any atom is 0.316 e. The quantitative estimate of drug-likeness (QED) is 0.588. The number of hydrogen-bond acceptors (Lipinski definition) is 5. The second-order valence-electron chi connectivity index (χ2n) is 6.35. The smallest absolute Gasteiger partial charge is 0.316 e. The molecule has 1 unspecified atom stereocenters. The molecule has 0 amide bonds. The molecule has 1 saturated heterocycles. The van der Waals surface area contributed by atoms with E-state index in [9.17, 15) is 9.90 Å². The summed E-state index contributed by atoms with van der Waals surface area (Å²) in [6.45, 7) is 4.44. The first-order valence-corrected chi connectivity index (χ1v) is 10.1. The van der Waals surface area contributed by atoms with Crippen LogP contribution in [0.15, 0.2) is 53.4 Å². The largest absolute Gasteiger partial charge is 0.465 e. The topological polar surface area (TPSA) is 49.8 Å². The van der Waals surface area contributed by atoms with Gasteiger partial charge in [-0.2, -0.15) is 0 Å². The highest BCUT2D eigenvalue weighted by atomic mass is 32.2. The van der Waals surface area contributed by atoms with Crippen molar-refractivity contribution in [1.82, 2.24) is 0 Å². The molecule has 2 aromatic rings. The van der Waals surface area contributed by atoms with E-state index in [1.165, 1.54) is 30.3 Å². The maximum atomic E-state index is 11.4. The van der Waals surface area contributed by atoms with E-state index >= 15 is 0 Å². The van der Waals surface area contributed by atoms with Crippen molar-refractivity contribution >= 4 is 23.4 Å². The average molecular weight is 372 g/mol. The van der Waals surface area contributed by atoms with Gasteiger partial charge in [0, 0.05) is 23.7 Å². The summed E-state index contributed by atoms with van der Waals surface area (Å²) >= 11 is 1.44. The van der Waals surface area contributed by atoms with Crippen molar-refractivity contribution in [2.75, 3.05) is 30.3 Å². The monoisotopic (exact) mass is 371 g/mol. The Morgan fingerprint density at radius 1 is 1.08 bits per heavy atom. The molecule has 0 aromatic heterocycles. The number of thioether (sulfide) groups is 1. The molecule has 1 aliphatic heterocycles. The summed E-state index contributed by atoms with van der Waals surface area (Å²) in [5, 5.41) is 10.6. The zero-order chi connectivity index (χ0) is 18.4. The maximum absolute atomic E-state index is 11.4. The van der Waals surface area contributed by atoms with Crippen LogP contribution in [0.1, 0.15) is 37.0 Å². The van der Waals surface area contributed by atoms with Crippen molar-refractivity contribution in [3.63, 3.8) is 0 Å². The number of esters is 1. The summed E-state index contributed by atoms with van der Waals surface area (Å²) in [5.41, 5.74) is 2.96. The molecular formula is C21H25NO3S. The number of aliphatic hydroxyl groups is 1. The van der Waals surface area contributed by atoms with Crippen LogP contribution in [0.2, 0.25) is 0 Å². The van der Waals surface area contributed by atoms with Crippen LogP contribution in [-0.2, 0) is 9.53 Å². The molecule has 0 spiro atoms. The predicted molar refractivity (Wildman–Crippen MR) is 106 cm³/mol. The number of benzene rings is 2. The third-order valence-electron chi connectivity index (χ3n) is 4.54. The van der Waals surface area contributed by atoms with E-state index in [0.29, 0.717) is 12.4 Å². The van der Waals surface area contributed by atoms with Crippen LogP contribution in [0.4, 0.5) is 5.69 Å². The molecule has 1 fully saturated rings. The van der Waals surface area contributed by atoms with Gasteiger partial charge in [-0.1, -0.05) is 24.3 Å². The van der Waals surface area contributed by atoms with Gasteiger partial charge in [0.05, 0.1) is 12.4 Å². The normalized spacial score (nSPS) is 15.1. The third kappa shape index (κ3) is 4.80. The number of ether oxygens (including phenoxy) is 1. The lowest BCUT2D eigenvalue weighted by atomic mass is 10.0. The average Bonchev–Trinajstić information content (AvgIpc) is 3.21. The molecule has 5 heteroatoms. The van der Waals surface area contributed by atoms with E-state index in [0.717, 1.165) is 29.1 Å². The van der Waals surface area contributed by atoms with Crippen LogP contribution in [0.3, 0.4) is 0 Å². The standard InChI is InChI=1S/C21H25NO3S/c1-2-25-20(23)15-26-19-11-7-17(8-12-19)21(24)16-5-9-18(10-6-16)22-13-3-4-14-22/h5-12,21,24H,2-4,13-15H2,1H3. The van der Waals surface area contributed by atoms with E-state index < -0.39 is 6.10 Å². The minimum atomic E-state index is -0.647. The second kappa shape index (κ2) is 9.10. The van der Waals surface area contributed by atoms with Gasteiger partial charge in [-0.25, -0.2) is 0 Å². The van der Waals surface area contributed by atoms with Gasteiger partial charge in [-0.05, 0) is 55.2 Å². The summed E-state index contributed by atoms with van der Waals surface area (Å²) in [7, 11) is 0. The molecule has 1 aliphatic rings. The van der Waals surface area contributed by atoms with Crippen molar-refractivity contribution in [3.8, 4) is 0 Å². The summed E-state index contributed by atoms with van der Waals surface area (Å²) in [6, 6.07) is 15.9. The molecule has 1 atom stereocenters. The summed E-state index contributed by atoms with van der Waals surface area (Å²) < 4.78 is 4.93. The van der Waals surface area contributed by atoms with Gasteiger partial charge < -0.3 is 14.7 Å². The Kier molecular flexibility index (Phi) is 6.58. The number of nitrogens with zero attached hydrogens (tertiary/aromatic N) is 1. The molecule has 3 rings (SSSR count). The first-order chi connectivity index (χ1) is 12.7. The van der Waals surface area contributed by atoms with E-state index in [1.54, 1.807) is 6.92 Å². The molecule has 0 bridgehead atoms. The lowest BCUT2D eigenvalue weighted by molar-refractivity contribution is -0.139. The van der Waals surface area contributed by atoms with Crippen LogP contribution in [0, 0.1) is 0 Å². The Morgan fingerprint density at radius 2 is 1.65 bits per heavy atom. The first kappa shape index (κ1) is 18.8. The first-order valence-electron chi connectivity index (χ1n) is 9.08. The molecule has 0 aliphatic carbocycles. The minimum Gasteiger partial charge on any atom is -0.465 e. The van der Waals surface area contributed by atoms with Gasteiger partial charge >= 0.3 is 5.97 Å². The lowest BCUT2D eigenvalue weighted by Gasteiger charge is -2.19. The summed E-state index contributed by atoms with van der Waals surface area (Å²) in [4.78, 5) is 14.8. The van der Waals surface area contributed by atoms with Gasteiger partial charge in [0.25, 0.3) is 0 Å². The number of rotatable bonds is 7. The highest BCUT2D eigenvalue weighted by Crippen LogP contribution is 2.27. The third-order valence-corrected chi connectivity index (χ3v) is 5.52. The van der Waals surface area contributed by atoms with Crippen molar-refractivity contribution in [1.29, 1.82) is 0 Å². The zero-order valence-electron chi connectivity index (χ0n) is 15.1. The molecule has 26 heavy (non-hydrogen) atoms. The molecule has 1 heterocycles. The fraction of sp³-hybridized carbons (Fsp3) is 0.381. The minimum absolute atomic E-state index is 0.209. The summed E-state index contributed by atoms with van der Waals surface area (Å²) in [5.74, 6) is 0.0907. The molecule has 4 nitrogen and oxygen atoms in total. The van der Waals surface area contributed by atoms with Gasteiger partial charge in [0.15, 0.2) is 0 Å². The highest BCUT2D eigenvalue weighted by Gasteiger charge is 2.14. The molecule has 0 saturated carbocycles. The van der Waals surface area contributed by atoms with Crippen molar-refractivity contribution < 1.29 is 14.6 Å². The number of anilines is 1. The van der Waals surface area contributed by atoms with E-state index in [4.69, 9.17) is 4.74 Å². The predicted octanol–water partition coefficient (Wildman–Crippen LogP) is 4.02. The molecule has 1 N–H and O–H groups in total. The van der Waals surface area contributed by atoms with Gasteiger partial charge in [-0.3, -0.25) is 4.79 Å². The molecule has 138 valence electrons. The number of carbonyl (C=O) groups excluding carboxylic acids is 1.